The Kier molecular flexibility index (Phi) is 8.43. The number of likely N-dealkylation sites (tertiary alicyclic amines) is 1. The van der Waals surface area contributed by atoms with Gasteiger partial charge in [0.1, 0.15) is 0 Å². The molecule has 6 nitrogen and oxygen atoms in total. The third-order valence-corrected chi connectivity index (χ3v) is 5.82. The van der Waals surface area contributed by atoms with Gasteiger partial charge >= 0.3 is 0 Å². The molecular formula is C25H28ClN5O. The van der Waals surface area contributed by atoms with E-state index in [1.807, 2.05) is 59.9 Å². The molecule has 2 aromatic carbocycles. The Balaban J connectivity index is 0.00000289. The summed E-state index contributed by atoms with van der Waals surface area (Å²) >= 11 is 0. The van der Waals surface area contributed by atoms with E-state index in [2.05, 4.69) is 33.1 Å². The van der Waals surface area contributed by atoms with Crippen molar-refractivity contribution in [1.29, 1.82) is 5.26 Å². The zero-order valence-electron chi connectivity index (χ0n) is 18.0. The molecular weight excluding hydrogens is 422 g/mol. The molecule has 2 heterocycles. The summed E-state index contributed by atoms with van der Waals surface area (Å²) in [4.78, 5) is 19.0. The molecule has 1 aliphatic rings. The first kappa shape index (κ1) is 23.5. The number of nitriles is 1. The van der Waals surface area contributed by atoms with Crippen LogP contribution in [0.4, 0.5) is 0 Å². The zero-order chi connectivity index (χ0) is 21.5. The fourth-order valence-corrected chi connectivity index (χ4v) is 4.01. The molecule has 3 aromatic rings. The predicted octanol–water partition coefficient (Wildman–Crippen LogP) is 3.20. The molecule has 32 heavy (non-hydrogen) atoms. The molecule has 1 aliphatic heterocycles. The molecule has 1 N–H and O–H groups in total. The number of amides is 1. The quantitative estimate of drug-likeness (QED) is 0.544. The van der Waals surface area contributed by atoms with E-state index in [1.165, 1.54) is 5.56 Å². The topological polar surface area (TPSA) is 74.0 Å². The molecule has 0 aliphatic carbocycles. The van der Waals surface area contributed by atoms with Gasteiger partial charge in [0, 0.05) is 44.5 Å². The molecule has 7 heteroatoms. The molecule has 1 amide bonds. The van der Waals surface area contributed by atoms with Crippen LogP contribution in [0.25, 0.3) is 0 Å². The maximum Gasteiger partial charge on any atom is 0.239 e. The van der Waals surface area contributed by atoms with Gasteiger partial charge in [0.2, 0.25) is 5.91 Å². The summed E-state index contributed by atoms with van der Waals surface area (Å²) in [5.41, 5.74) is 4.19. The summed E-state index contributed by atoms with van der Waals surface area (Å²) in [6, 6.07) is 20.0. The highest BCUT2D eigenvalue weighted by molar-refractivity contribution is 5.85. The predicted molar refractivity (Wildman–Crippen MR) is 127 cm³/mol. The SMILES string of the molecule is Cl.N#Cc1ccc(Cn2cncc2CCN[C@@H]2CCN(CCc3ccccc3)C2=O)cc1. The Hall–Kier alpha value is -3.14. The summed E-state index contributed by atoms with van der Waals surface area (Å²) in [6.07, 6.45) is 6.28. The Morgan fingerprint density at radius 2 is 1.84 bits per heavy atom. The Labute approximate surface area is 195 Å². The van der Waals surface area contributed by atoms with Gasteiger partial charge in [-0.25, -0.2) is 4.98 Å². The van der Waals surface area contributed by atoms with Crippen LogP contribution < -0.4 is 5.32 Å². The van der Waals surface area contributed by atoms with Crippen LogP contribution in [0.1, 0.15) is 28.8 Å². The van der Waals surface area contributed by atoms with Crippen molar-refractivity contribution in [3.8, 4) is 6.07 Å². The van der Waals surface area contributed by atoms with Crippen molar-refractivity contribution in [2.24, 2.45) is 0 Å². The number of hydrogen-bond acceptors (Lipinski definition) is 4. The van der Waals surface area contributed by atoms with E-state index < -0.39 is 0 Å². The number of carbonyl (C=O) groups is 1. The largest absolute Gasteiger partial charge is 0.341 e. The number of aromatic nitrogens is 2. The van der Waals surface area contributed by atoms with Gasteiger partial charge in [-0.1, -0.05) is 42.5 Å². The van der Waals surface area contributed by atoms with Crippen LogP contribution in [0.3, 0.4) is 0 Å². The van der Waals surface area contributed by atoms with Crippen molar-refractivity contribution in [1.82, 2.24) is 19.8 Å². The summed E-state index contributed by atoms with van der Waals surface area (Å²) in [7, 11) is 0. The van der Waals surface area contributed by atoms with Crippen LogP contribution in [-0.2, 0) is 24.2 Å². The molecule has 1 aromatic heterocycles. The van der Waals surface area contributed by atoms with E-state index in [0.29, 0.717) is 5.56 Å². The lowest BCUT2D eigenvalue weighted by molar-refractivity contribution is -0.129. The first-order valence-corrected chi connectivity index (χ1v) is 10.8. The molecule has 1 atom stereocenters. The number of nitrogens with zero attached hydrogens (tertiary/aromatic N) is 4. The number of halogens is 1. The minimum Gasteiger partial charge on any atom is -0.341 e. The second-order valence-corrected chi connectivity index (χ2v) is 7.93. The molecule has 0 spiro atoms. The smallest absolute Gasteiger partial charge is 0.239 e. The first-order valence-electron chi connectivity index (χ1n) is 10.8. The maximum absolute atomic E-state index is 12.7. The van der Waals surface area contributed by atoms with Crippen LogP contribution in [0, 0.1) is 11.3 Å². The fraction of sp³-hybridized carbons (Fsp3) is 0.320. The van der Waals surface area contributed by atoms with Gasteiger partial charge in [-0.3, -0.25) is 4.79 Å². The number of rotatable bonds is 9. The second kappa shape index (κ2) is 11.5. The third kappa shape index (κ3) is 5.97. The minimum atomic E-state index is -0.0920. The summed E-state index contributed by atoms with van der Waals surface area (Å²) in [5, 5.41) is 12.4. The van der Waals surface area contributed by atoms with E-state index in [0.717, 1.165) is 56.7 Å². The number of benzene rings is 2. The molecule has 1 saturated heterocycles. The highest BCUT2D eigenvalue weighted by atomic mass is 35.5. The van der Waals surface area contributed by atoms with E-state index in [9.17, 15) is 4.79 Å². The lowest BCUT2D eigenvalue weighted by Gasteiger charge is -2.17. The summed E-state index contributed by atoms with van der Waals surface area (Å²) in [6.45, 7) is 3.05. The van der Waals surface area contributed by atoms with E-state index in [1.54, 1.807) is 0 Å². The maximum atomic E-state index is 12.7. The van der Waals surface area contributed by atoms with E-state index in [-0.39, 0.29) is 24.4 Å². The van der Waals surface area contributed by atoms with Crippen LogP contribution in [0.5, 0.6) is 0 Å². The molecule has 0 radical (unpaired) electrons. The molecule has 166 valence electrons. The van der Waals surface area contributed by atoms with Crippen LogP contribution in [0.15, 0.2) is 67.1 Å². The van der Waals surface area contributed by atoms with Gasteiger partial charge in [-0.2, -0.15) is 5.26 Å². The Morgan fingerprint density at radius 1 is 1.06 bits per heavy atom. The standard InChI is InChI=1S/C25H27N5O.ClH/c26-16-21-6-8-22(9-7-21)18-30-19-27-17-23(30)10-13-28-24-12-15-29(25(24)31)14-11-20-4-2-1-3-5-20;/h1-9,17,19,24,28H,10-15,18H2;1H/t24-;/m1./s1. The van der Waals surface area contributed by atoms with Gasteiger partial charge in [0.15, 0.2) is 0 Å². The summed E-state index contributed by atoms with van der Waals surface area (Å²) in [5.74, 6) is 0.210. The van der Waals surface area contributed by atoms with Gasteiger partial charge in [0.25, 0.3) is 0 Å². The lowest BCUT2D eigenvalue weighted by atomic mass is 10.1. The average molecular weight is 450 g/mol. The number of hydrogen-bond donors (Lipinski definition) is 1. The molecule has 0 unspecified atom stereocenters. The summed E-state index contributed by atoms with van der Waals surface area (Å²) < 4.78 is 2.12. The molecule has 1 fully saturated rings. The molecule has 0 bridgehead atoms. The Bertz CT molecular complexity index is 1040. The average Bonchev–Trinajstić information content (AvgIpc) is 3.40. The molecule has 4 rings (SSSR count). The van der Waals surface area contributed by atoms with Crippen molar-refractivity contribution in [2.75, 3.05) is 19.6 Å². The van der Waals surface area contributed by atoms with Crippen molar-refractivity contribution in [3.63, 3.8) is 0 Å². The van der Waals surface area contributed by atoms with Gasteiger partial charge in [-0.15, -0.1) is 12.4 Å². The van der Waals surface area contributed by atoms with Gasteiger partial charge < -0.3 is 14.8 Å². The van der Waals surface area contributed by atoms with E-state index >= 15 is 0 Å². The number of carbonyl (C=O) groups excluding carboxylic acids is 1. The van der Waals surface area contributed by atoms with Crippen molar-refractivity contribution >= 4 is 18.3 Å². The van der Waals surface area contributed by atoms with Crippen LogP contribution in [0.2, 0.25) is 0 Å². The number of nitrogens with one attached hydrogen (secondary N) is 1. The minimum absolute atomic E-state index is 0. The monoisotopic (exact) mass is 449 g/mol. The zero-order valence-corrected chi connectivity index (χ0v) is 18.8. The normalized spacial score (nSPS) is 15.4. The van der Waals surface area contributed by atoms with Crippen LogP contribution >= 0.6 is 12.4 Å². The van der Waals surface area contributed by atoms with Gasteiger partial charge in [-0.05, 0) is 36.1 Å². The highest BCUT2D eigenvalue weighted by Gasteiger charge is 2.30. The molecule has 0 saturated carbocycles. The Morgan fingerprint density at radius 3 is 2.59 bits per heavy atom. The second-order valence-electron chi connectivity index (χ2n) is 7.93. The van der Waals surface area contributed by atoms with Crippen LogP contribution in [-0.4, -0.2) is 46.0 Å². The first-order chi connectivity index (χ1) is 15.2. The highest BCUT2D eigenvalue weighted by Crippen LogP contribution is 2.13. The fourth-order valence-electron chi connectivity index (χ4n) is 4.01. The number of imidazole rings is 1. The lowest BCUT2D eigenvalue weighted by Crippen LogP contribution is -2.39. The van der Waals surface area contributed by atoms with Crippen molar-refractivity contribution < 1.29 is 4.79 Å². The van der Waals surface area contributed by atoms with Gasteiger partial charge in [0.05, 0.1) is 24.0 Å². The van der Waals surface area contributed by atoms with Crippen molar-refractivity contribution in [3.05, 3.63) is 89.5 Å². The van der Waals surface area contributed by atoms with Crippen molar-refractivity contribution in [2.45, 2.75) is 31.8 Å². The third-order valence-electron chi connectivity index (χ3n) is 5.82. The van der Waals surface area contributed by atoms with E-state index in [4.69, 9.17) is 5.26 Å².